The molecule has 49 heavy (non-hydrogen) atoms. The monoisotopic (exact) mass is 699 g/mol. The number of hydroxylamine groups is 1. The third-order valence-electron chi connectivity index (χ3n) is 9.97. The van der Waals surface area contributed by atoms with Crippen molar-refractivity contribution in [3.8, 4) is 0 Å². The van der Waals surface area contributed by atoms with Crippen LogP contribution in [0, 0.1) is 11.3 Å². The molecule has 1 spiro atoms. The molecule has 268 valence electrons. The second kappa shape index (κ2) is 15.2. The molecule has 4 N–H and O–H groups in total. The van der Waals surface area contributed by atoms with Crippen molar-refractivity contribution in [2.24, 2.45) is 11.3 Å². The maximum atomic E-state index is 14.6. The SMILES string of the molecule is CCC[C@H](NC(=O)[C@@H]1C[C@]2(C=C(c3cccc(Cl)c3)NO2)CN1C(=O)[C@@H](NC(=O)C1CCC(OC)CC1)C(C)(C)C)C(=O)C(=O)NC1CC1. The molecule has 2 saturated carbocycles. The van der Waals surface area contributed by atoms with Gasteiger partial charge in [-0.15, -0.1) is 0 Å². The van der Waals surface area contributed by atoms with Gasteiger partial charge in [0.2, 0.25) is 23.5 Å². The third-order valence-corrected chi connectivity index (χ3v) is 10.2. The number of carbonyl (C=O) groups excluding carboxylic acids is 5. The van der Waals surface area contributed by atoms with Crippen LogP contribution in [0.4, 0.5) is 0 Å². The molecule has 2 aliphatic carbocycles. The minimum absolute atomic E-state index is 0.00992. The van der Waals surface area contributed by atoms with E-state index in [2.05, 4.69) is 21.4 Å². The summed E-state index contributed by atoms with van der Waals surface area (Å²) < 4.78 is 5.47. The first-order valence-corrected chi connectivity index (χ1v) is 17.8. The fraction of sp³-hybridized carbons (Fsp3) is 0.639. The number of benzene rings is 1. The number of ketones is 1. The zero-order valence-electron chi connectivity index (χ0n) is 29.1. The molecule has 1 saturated heterocycles. The fourth-order valence-corrected chi connectivity index (χ4v) is 7.12. The highest BCUT2D eigenvalue weighted by Gasteiger charge is 2.54. The lowest BCUT2D eigenvalue weighted by molar-refractivity contribution is -0.146. The van der Waals surface area contributed by atoms with E-state index in [1.54, 1.807) is 19.2 Å². The van der Waals surface area contributed by atoms with Crippen LogP contribution in [0.3, 0.4) is 0 Å². The summed E-state index contributed by atoms with van der Waals surface area (Å²) in [5, 5.41) is 9.09. The zero-order chi connectivity index (χ0) is 35.5. The van der Waals surface area contributed by atoms with E-state index in [4.69, 9.17) is 21.2 Å². The lowest BCUT2D eigenvalue weighted by Gasteiger charge is -2.37. The second-order valence-electron chi connectivity index (χ2n) is 15.0. The highest BCUT2D eigenvalue weighted by Crippen LogP contribution is 2.39. The summed E-state index contributed by atoms with van der Waals surface area (Å²) in [5.41, 5.74) is 2.58. The Labute approximate surface area is 293 Å². The second-order valence-corrected chi connectivity index (χ2v) is 15.4. The molecule has 4 amide bonds. The van der Waals surface area contributed by atoms with Gasteiger partial charge in [-0.1, -0.05) is 57.8 Å². The van der Waals surface area contributed by atoms with Crippen LogP contribution in [0.15, 0.2) is 30.3 Å². The number of likely N-dealkylation sites (tertiary alicyclic amines) is 1. The highest BCUT2D eigenvalue weighted by atomic mass is 35.5. The minimum Gasteiger partial charge on any atom is -0.381 e. The van der Waals surface area contributed by atoms with Crippen LogP contribution in [-0.2, 0) is 33.5 Å². The molecular weight excluding hydrogens is 650 g/mol. The van der Waals surface area contributed by atoms with E-state index in [-0.39, 0.29) is 43.4 Å². The molecule has 2 heterocycles. The summed E-state index contributed by atoms with van der Waals surface area (Å²) in [5.74, 6) is -2.87. The normalized spacial score (nSPS) is 26.4. The molecular formula is C36H50ClN5O7. The van der Waals surface area contributed by atoms with Crippen molar-refractivity contribution in [3.05, 3.63) is 40.9 Å². The lowest BCUT2D eigenvalue weighted by atomic mass is 9.83. The van der Waals surface area contributed by atoms with E-state index in [9.17, 15) is 24.0 Å². The quantitative estimate of drug-likeness (QED) is 0.242. The van der Waals surface area contributed by atoms with Crippen LogP contribution in [-0.4, -0.2) is 83.8 Å². The van der Waals surface area contributed by atoms with E-state index in [0.29, 0.717) is 30.0 Å². The van der Waals surface area contributed by atoms with Gasteiger partial charge in [0.05, 0.1) is 24.4 Å². The zero-order valence-corrected chi connectivity index (χ0v) is 29.9. The number of halogens is 1. The first-order valence-electron chi connectivity index (χ1n) is 17.4. The lowest BCUT2D eigenvalue weighted by Crippen LogP contribution is -2.59. The van der Waals surface area contributed by atoms with Gasteiger partial charge in [-0.25, -0.2) is 0 Å². The summed E-state index contributed by atoms with van der Waals surface area (Å²) in [7, 11) is 1.68. The van der Waals surface area contributed by atoms with Crippen LogP contribution in [0.2, 0.25) is 5.02 Å². The Morgan fingerprint density at radius 2 is 1.78 bits per heavy atom. The van der Waals surface area contributed by atoms with E-state index < -0.39 is 52.6 Å². The van der Waals surface area contributed by atoms with E-state index in [1.807, 2.05) is 45.9 Å². The van der Waals surface area contributed by atoms with E-state index in [1.165, 1.54) is 4.90 Å². The molecule has 4 atom stereocenters. The van der Waals surface area contributed by atoms with Crippen molar-refractivity contribution in [1.29, 1.82) is 0 Å². The Bertz CT molecular complexity index is 1470. The molecule has 12 nitrogen and oxygen atoms in total. The maximum absolute atomic E-state index is 14.6. The molecule has 2 aliphatic heterocycles. The smallest absolute Gasteiger partial charge is 0.289 e. The number of ether oxygens (including phenoxy) is 1. The maximum Gasteiger partial charge on any atom is 0.289 e. The third kappa shape index (κ3) is 8.82. The van der Waals surface area contributed by atoms with Gasteiger partial charge in [0.1, 0.15) is 17.7 Å². The number of amides is 4. The van der Waals surface area contributed by atoms with Crippen molar-refractivity contribution in [1.82, 2.24) is 26.3 Å². The molecule has 0 radical (unpaired) electrons. The number of nitrogens with one attached hydrogen (secondary N) is 4. The predicted molar refractivity (Wildman–Crippen MR) is 184 cm³/mol. The molecule has 4 aliphatic rings. The Kier molecular flexibility index (Phi) is 11.4. The molecule has 1 aromatic rings. The number of nitrogens with zero attached hydrogens (tertiary/aromatic N) is 1. The molecule has 0 unspecified atom stereocenters. The Balaban J connectivity index is 1.41. The van der Waals surface area contributed by atoms with Crippen LogP contribution >= 0.6 is 11.6 Å². The van der Waals surface area contributed by atoms with Gasteiger partial charge in [-0.2, -0.15) is 0 Å². The van der Waals surface area contributed by atoms with Crippen LogP contribution in [0.1, 0.15) is 91.0 Å². The van der Waals surface area contributed by atoms with Gasteiger partial charge in [0.25, 0.3) is 5.91 Å². The van der Waals surface area contributed by atoms with Crippen molar-refractivity contribution < 1.29 is 33.5 Å². The summed E-state index contributed by atoms with van der Waals surface area (Å²) in [6.45, 7) is 7.49. The number of hydrogen-bond donors (Lipinski definition) is 4. The average molecular weight is 700 g/mol. The van der Waals surface area contributed by atoms with Gasteiger partial charge >= 0.3 is 0 Å². The van der Waals surface area contributed by atoms with E-state index in [0.717, 1.165) is 31.2 Å². The van der Waals surface area contributed by atoms with Crippen molar-refractivity contribution in [2.45, 2.75) is 121 Å². The summed E-state index contributed by atoms with van der Waals surface area (Å²) in [4.78, 5) is 75.8. The number of methoxy groups -OCH3 is 1. The molecule has 5 rings (SSSR count). The van der Waals surface area contributed by atoms with Crippen molar-refractivity contribution in [3.63, 3.8) is 0 Å². The average Bonchev–Trinajstić information content (AvgIpc) is 3.66. The Hall–Kier alpha value is -3.48. The molecule has 0 aromatic heterocycles. The number of rotatable bonds is 12. The largest absolute Gasteiger partial charge is 0.381 e. The van der Waals surface area contributed by atoms with Gasteiger partial charge in [0, 0.05) is 36.1 Å². The van der Waals surface area contributed by atoms with Crippen LogP contribution < -0.4 is 21.4 Å². The number of hydrogen-bond acceptors (Lipinski definition) is 8. The van der Waals surface area contributed by atoms with Crippen molar-refractivity contribution in [2.75, 3.05) is 13.7 Å². The van der Waals surface area contributed by atoms with Gasteiger partial charge in [-0.05, 0) is 68.6 Å². The van der Waals surface area contributed by atoms with E-state index >= 15 is 0 Å². The molecule has 3 fully saturated rings. The summed E-state index contributed by atoms with van der Waals surface area (Å²) in [6, 6.07) is 4.16. The topological polar surface area (TPSA) is 155 Å². The number of carbonyl (C=O) groups is 5. The minimum atomic E-state index is -1.09. The van der Waals surface area contributed by atoms with Crippen LogP contribution in [0.25, 0.3) is 5.70 Å². The highest BCUT2D eigenvalue weighted by molar-refractivity contribution is 6.38. The van der Waals surface area contributed by atoms with Gasteiger partial charge < -0.3 is 25.6 Å². The van der Waals surface area contributed by atoms with Crippen LogP contribution in [0.5, 0.6) is 0 Å². The molecule has 0 bridgehead atoms. The predicted octanol–water partition coefficient (Wildman–Crippen LogP) is 3.42. The van der Waals surface area contributed by atoms with Gasteiger partial charge in [0.15, 0.2) is 0 Å². The Morgan fingerprint density at radius 1 is 1.06 bits per heavy atom. The standard InChI is InChI=1S/C36H50ClN5O7/c1-6-8-26(29(43)33(46)38-24-13-14-24)39-32(45)28-19-36(18-27(41-49-36)22-9-7-10-23(37)17-22)20-42(28)34(47)30(35(2,3)4)40-31(44)21-11-15-25(48-5)16-12-21/h7,9-10,17-18,21,24-26,28,30,41H,6,8,11-16,19-20H2,1-5H3,(H,38,46)(H,39,45)(H,40,44)/t21?,25?,26-,28-,30+,36+/m0/s1. The van der Waals surface area contributed by atoms with Gasteiger partial charge in [-0.3, -0.25) is 34.3 Å². The molecule has 1 aromatic carbocycles. The fourth-order valence-electron chi connectivity index (χ4n) is 6.92. The summed E-state index contributed by atoms with van der Waals surface area (Å²) in [6.07, 6.45) is 7.35. The first-order chi connectivity index (χ1) is 23.2. The summed E-state index contributed by atoms with van der Waals surface area (Å²) >= 11 is 6.25. The van der Waals surface area contributed by atoms with Crippen molar-refractivity contribution >= 4 is 46.7 Å². The first kappa shape index (κ1) is 36.8. The number of Topliss-reactive ketones (excluding diaryl/α,β-unsaturated/α-hetero) is 1. The molecule has 13 heteroatoms. The Morgan fingerprint density at radius 3 is 2.39 bits per heavy atom.